The average Bonchev–Trinajstić information content (AvgIpc) is 3.05. The van der Waals surface area contributed by atoms with Gasteiger partial charge in [-0.3, -0.25) is 14.4 Å². The van der Waals surface area contributed by atoms with Crippen molar-refractivity contribution in [3.63, 3.8) is 0 Å². The number of esters is 1. The Hall–Kier alpha value is -1.59. The number of carboxylic acids is 1. The number of carbonyl (C=O) groups is 3. The molecule has 0 heterocycles. The van der Waals surface area contributed by atoms with E-state index >= 15 is 0 Å². The zero-order chi connectivity index (χ0) is 34.5. The first kappa shape index (κ1) is 45.4. The van der Waals surface area contributed by atoms with Gasteiger partial charge < -0.3 is 15.2 Å². The molecule has 0 aromatic heterocycles. The highest BCUT2D eigenvalue weighted by atomic mass is 16.5. The minimum atomic E-state index is -1.03. The van der Waals surface area contributed by atoms with Crippen LogP contribution in [0.1, 0.15) is 232 Å². The molecule has 0 aromatic carbocycles. The van der Waals surface area contributed by atoms with Gasteiger partial charge in [-0.25, -0.2) is 0 Å². The molecule has 0 rings (SSSR count). The van der Waals surface area contributed by atoms with E-state index in [1.54, 1.807) is 0 Å². The largest absolute Gasteiger partial charge is 0.480 e. The summed E-state index contributed by atoms with van der Waals surface area (Å²) in [6, 6.07) is 0. The number of hydrogen-bond donors (Lipinski definition) is 2. The number of amides is 1. The minimum absolute atomic E-state index is 0.0234. The van der Waals surface area contributed by atoms with E-state index in [4.69, 9.17) is 9.84 Å². The van der Waals surface area contributed by atoms with Crippen molar-refractivity contribution < 1.29 is 24.2 Å². The molecule has 1 unspecified atom stereocenters. The van der Waals surface area contributed by atoms with Gasteiger partial charge in [0.2, 0.25) is 5.91 Å². The van der Waals surface area contributed by atoms with Gasteiger partial charge >= 0.3 is 11.9 Å². The van der Waals surface area contributed by atoms with Crippen LogP contribution < -0.4 is 5.32 Å². The Morgan fingerprint density at radius 1 is 0.468 bits per heavy atom. The SMILES string of the molecule is CCCCCCCCCCCCCCCCCCCCCCCCCC(=O)OC(CCCCCC)CCCCCC(=O)NCC(=O)O. The van der Waals surface area contributed by atoms with Crippen LogP contribution in [0.4, 0.5) is 0 Å². The molecule has 278 valence electrons. The summed E-state index contributed by atoms with van der Waals surface area (Å²) in [4.78, 5) is 34.8. The van der Waals surface area contributed by atoms with Crippen molar-refractivity contribution in [1.29, 1.82) is 0 Å². The van der Waals surface area contributed by atoms with Crippen LogP contribution in [-0.2, 0) is 19.1 Å². The fourth-order valence-corrected chi connectivity index (χ4v) is 6.46. The van der Waals surface area contributed by atoms with Crippen LogP contribution in [0.15, 0.2) is 0 Å². The highest BCUT2D eigenvalue weighted by Crippen LogP contribution is 2.18. The highest BCUT2D eigenvalue weighted by Gasteiger charge is 2.14. The number of carbonyl (C=O) groups excluding carboxylic acids is 2. The molecule has 0 saturated carbocycles. The molecule has 6 heteroatoms. The van der Waals surface area contributed by atoms with E-state index in [9.17, 15) is 14.4 Å². The number of rotatable bonds is 38. The lowest BCUT2D eigenvalue weighted by Gasteiger charge is -2.18. The van der Waals surface area contributed by atoms with E-state index in [2.05, 4.69) is 19.2 Å². The first-order chi connectivity index (χ1) is 23.0. The average molecular weight is 666 g/mol. The van der Waals surface area contributed by atoms with Crippen molar-refractivity contribution in [1.82, 2.24) is 5.32 Å². The van der Waals surface area contributed by atoms with Gasteiger partial charge in [0, 0.05) is 12.8 Å². The maximum atomic E-state index is 12.5. The maximum absolute atomic E-state index is 12.5. The molecule has 1 amide bonds. The molecule has 1 atom stereocenters. The van der Waals surface area contributed by atoms with Gasteiger partial charge in [0.15, 0.2) is 0 Å². The maximum Gasteiger partial charge on any atom is 0.322 e. The van der Waals surface area contributed by atoms with Crippen molar-refractivity contribution in [2.45, 2.75) is 238 Å². The summed E-state index contributed by atoms with van der Waals surface area (Å²) in [5.74, 6) is -1.30. The quantitative estimate of drug-likeness (QED) is 0.0506. The van der Waals surface area contributed by atoms with Gasteiger partial charge in [-0.05, 0) is 38.5 Å². The smallest absolute Gasteiger partial charge is 0.322 e. The van der Waals surface area contributed by atoms with Gasteiger partial charge in [-0.15, -0.1) is 0 Å². The normalized spacial score (nSPS) is 11.9. The molecule has 0 saturated heterocycles. The Labute approximate surface area is 291 Å². The Balaban J connectivity index is 3.65. The zero-order valence-corrected chi connectivity index (χ0v) is 31.4. The summed E-state index contributed by atoms with van der Waals surface area (Å²) >= 11 is 0. The number of ether oxygens (including phenoxy) is 1. The number of unbranched alkanes of at least 4 members (excludes halogenated alkanes) is 27. The molecule has 0 radical (unpaired) electrons. The third kappa shape index (κ3) is 37.1. The number of carboxylic acid groups (broad SMARTS) is 1. The first-order valence-corrected chi connectivity index (χ1v) is 20.7. The van der Waals surface area contributed by atoms with E-state index in [0.29, 0.717) is 12.8 Å². The Kier molecular flexibility index (Phi) is 36.0. The van der Waals surface area contributed by atoms with Crippen molar-refractivity contribution in [2.75, 3.05) is 6.54 Å². The van der Waals surface area contributed by atoms with Crippen molar-refractivity contribution >= 4 is 17.8 Å². The predicted molar refractivity (Wildman–Crippen MR) is 199 cm³/mol. The van der Waals surface area contributed by atoms with Gasteiger partial charge in [0.25, 0.3) is 0 Å². The standard InChI is InChI=1S/C41H79NO5/c1-3-5-7-9-10-11-12-13-14-15-16-17-18-19-20-21-22-23-24-25-26-27-32-36-41(46)47-38(33-29-8-6-4-2)34-30-28-31-35-39(43)42-37-40(44)45/h38H,3-37H2,1-2H3,(H,42,43)(H,44,45). The number of aliphatic carboxylic acids is 1. The number of hydrogen-bond acceptors (Lipinski definition) is 4. The number of nitrogens with one attached hydrogen (secondary N) is 1. The molecule has 0 aliphatic rings. The highest BCUT2D eigenvalue weighted by molar-refractivity contribution is 5.80. The van der Waals surface area contributed by atoms with Crippen LogP contribution >= 0.6 is 0 Å². The second-order valence-corrected chi connectivity index (χ2v) is 14.3. The molecular weight excluding hydrogens is 586 g/mol. The van der Waals surface area contributed by atoms with Gasteiger partial charge in [-0.1, -0.05) is 181 Å². The van der Waals surface area contributed by atoms with Crippen LogP contribution in [0.2, 0.25) is 0 Å². The minimum Gasteiger partial charge on any atom is -0.480 e. The van der Waals surface area contributed by atoms with E-state index in [1.165, 1.54) is 154 Å². The lowest BCUT2D eigenvalue weighted by Crippen LogP contribution is -2.28. The molecule has 0 spiro atoms. The lowest BCUT2D eigenvalue weighted by molar-refractivity contribution is -0.150. The van der Waals surface area contributed by atoms with Crippen LogP contribution in [0, 0.1) is 0 Å². The molecule has 6 nitrogen and oxygen atoms in total. The summed E-state index contributed by atoms with van der Waals surface area (Å²) in [6.07, 6.45) is 41.3. The molecule has 0 aromatic rings. The second-order valence-electron chi connectivity index (χ2n) is 14.3. The third-order valence-electron chi connectivity index (χ3n) is 9.53. The van der Waals surface area contributed by atoms with Crippen molar-refractivity contribution in [3.05, 3.63) is 0 Å². The van der Waals surface area contributed by atoms with Crippen LogP contribution in [0.25, 0.3) is 0 Å². The van der Waals surface area contributed by atoms with E-state index in [0.717, 1.165) is 51.4 Å². The second kappa shape index (κ2) is 37.2. The molecular formula is C41H79NO5. The Bertz CT molecular complexity index is 697. The van der Waals surface area contributed by atoms with Gasteiger partial charge in [-0.2, -0.15) is 0 Å². The Morgan fingerprint density at radius 2 is 0.787 bits per heavy atom. The predicted octanol–water partition coefficient (Wildman–Crippen LogP) is 12.4. The lowest BCUT2D eigenvalue weighted by atomic mass is 10.0. The van der Waals surface area contributed by atoms with Crippen LogP contribution in [-0.4, -0.2) is 35.6 Å². The van der Waals surface area contributed by atoms with Gasteiger partial charge in [0.05, 0.1) is 0 Å². The van der Waals surface area contributed by atoms with Crippen LogP contribution in [0.5, 0.6) is 0 Å². The topological polar surface area (TPSA) is 92.7 Å². The summed E-state index contributed by atoms with van der Waals surface area (Å²) < 4.78 is 5.89. The molecule has 2 N–H and O–H groups in total. The third-order valence-corrected chi connectivity index (χ3v) is 9.53. The monoisotopic (exact) mass is 666 g/mol. The molecule has 0 bridgehead atoms. The van der Waals surface area contributed by atoms with Crippen LogP contribution in [0.3, 0.4) is 0 Å². The fourth-order valence-electron chi connectivity index (χ4n) is 6.46. The zero-order valence-electron chi connectivity index (χ0n) is 31.4. The summed E-state index contributed by atoms with van der Waals surface area (Å²) in [6.45, 7) is 4.17. The molecule has 0 aliphatic heterocycles. The first-order valence-electron chi connectivity index (χ1n) is 20.7. The van der Waals surface area contributed by atoms with Crippen molar-refractivity contribution in [2.24, 2.45) is 0 Å². The van der Waals surface area contributed by atoms with E-state index in [1.807, 2.05) is 0 Å². The Morgan fingerprint density at radius 3 is 1.17 bits per heavy atom. The summed E-state index contributed by atoms with van der Waals surface area (Å²) in [5.41, 5.74) is 0. The van der Waals surface area contributed by atoms with E-state index < -0.39 is 5.97 Å². The molecule has 0 aliphatic carbocycles. The summed E-state index contributed by atoms with van der Waals surface area (Å²) in [5, 5.41) is 11.1. The molecule has 47 heavy (non-hydrogen) atoms. The fraction of sp³-hybridized carbons (Fsp3) is 0.927. The molecule has 0 fully saturated rings. The van der Waals surface area contributed by atoms with E-state index in [-0.39, 0.29) is 24.5 Å². The van der Waals surface area contributed by atoms with Gasteiger partial charge in [0.1, 0.15) is 12.6 Å². The summed E-state index contributed by atoms with van der Waals surface area (Å²) in [7, 11) is 0. The van der Waals surface area contributed by atoms with Crippen molar-refractivity contribution in [3.8, 4) is 0 Å².